The Bertz CT molecular complexity index is 481. The van der Waals surface area contributed by atoms with E-state index >= 15 is 0 Å². The molecule has 0 spiro atoms. The Morgan fingerprint density at radius 2 is 2.15 bits per heavy atom. The molecule has 4 nitrogen and oxygen atoms in total. The van der Waals surface area contributed by atoms with Gasteiger partial charge in [0.1, 0.15) is 0 Å². The van der Waals surface area contributed by atoms with Gasteiger partial charge in [-0.15, -0.1) is 0 Å². The molecule has 0 fully saturated rings. The molecule has 20 heavy (non-hydrogen) atoms. The first kappa shape index (κ1) is 16.2. The Hall–Kier alpha value is -1.84. The van der Waals surface area contributed by atoms with E-state index in [-0.39, 0.29) is 5.97 Å². The van der Waals surface area contributed by atoms with Gasteiger partial charge in [-0.25, -0.2) is 0 Å². The summed E-state index contributed by atoms with van der Waals surface area (Å²) in [7, 11) is 1.85. The van der Waals surface area contributed by atoms with Crippen molar-refractivity contribution in [1.29, 1.82) is 0 Å². The lowest BCUT2D eigenvalue weighted by molar-refractivity contribution is -0.154. The number of aliphatic imine (C=N–C) groups is 1. The molecule has 0 saturated heterocycles. The minimum atomic E-state index is -0.413. The second kappa shape index (κ2) is 7.08. The fourth-order valence-electron chi connectivity index (χ4n) is 1.68. The zero-order valence-corrected chi connectivity index (χ0v) is 12.8. The van der Waals surface area contributed by atoms with Gasteiger partial charge in [0.05, 0.1) is 23.4 Å². The van der Waals surface area contributed by atoms with E-state index < -0.39 is 5.41 Å². The number of hydrogen-bond donors (Lipinski definition) is 1. The highest BCUT2D eigenvalue weighted by Crippen LogP contribution is 2.26. The van der Waals surface area contributed by atoms with Gasteiger partial charge in [-0.05, 0) is 44.7 Å². The van der Waals surface area contributed by atoms with E-state index in [4.69, 9.17) is 4.74 Å². The molecule has 4 heteroatoms. The Morgan fingerprint density at radius 3 is 2.70 bits per heavy atom. The Morgan fingerprint density at radius 1 is 1.45 bits per heavy atom. The van der Waals surface area contributed by atoms with Gasteiger partial charge < -0.3 is 10.1 Å². The predicted molar refractivity (Wildman–Crippen MR) is 83.9 cm³/mol. The minimum absolute atomic E-state index is 0.145. The summed E-state index contributed by atoms with van der Waals surface area (Å²) < 4.78 is 5.33. The summed E-state index contributed by atoms with van der Waals surface area (Å²) in [4.78, 5) is 15.8. The number of nitrogens with zero attached hydrogens (tertiary/aromatic N) is 1. The van der Waals surface area contributed by atoms with Crippen LogP contribution in [0.3, 0.4) is 0 Å². The molecule has 110 valence electrons. The number of carbonyl (C=O) groups is 1. The predicted octanol–water partition coefficient (Wildman–Crippen LogP) is 3.58. The van der Waals surface area contributed by atoms with Gasteiger partial charge >= 0.3 is 5.97 Å². The molecule has 0 aromatic heterocycles. The van der Waals surface area contributed by atoms with Crippen LogP contribution in [0.4, 0.5) is 11.4 Å². The standard InChI is InChI=1S/C16H24N2O2/c1-6-16(2,3)15(19)20-10-9-12-7-8-13(17-4)14(11-12)18-5/h7-8,11,17H,5-6,9-10H2,1-4H3. The average Bonchev–Trinajstić information content (AvgIpc) is 2.46. The van der Waals surface area contributed by atoms with Crippen molar-refractivity contribution in [1.82, 2.24) is 0 Å². The molecular formula is C16H24N2O2. The van der Waals surface area contributed by atoms with Crippen LogP contribution in [0.15, 0.2) is 23.2 Å². The molecule has 1 rings (SSSR count). The third-order valence-electron chi connectivity index (χ3n) is 3.56. The number of carbonyl (C=O) groups excluding carboxylic acids is 1. The van der Waals surface area contributed by atoms with Crippen LogP contribution in [0.25, 0.3) is 0 Å². The molecule has 0 saturated carbocycles. The summed E-state index contributed by atoms with van der Waals surface area (Å²) in [6.45, 7) is 9.73. The Kier molecular flexibility index (Phi) is 5.74. The normalized spacial score (nSPS) is 11.0. The fourth-order valence-corrected chi connectivity index (χ4v) is 1.68. The van der Waals surface area contributed by atoms with Gasteiger partial charge in [0, 0.05) is 13.5 Å². The van der Waals surface area contributed by atoms with Crippen molar-refractivity contribution in [3.05, 3.63) is 23.8 Å². The second-order valence-corrected chi connectivity index (χ2v) is 5.38. The van der Waals surface area contributed by atoms with Crippen molar-refractivity contribution in [3.8, 4) is 0 Å². The first-order valence-corrected chi connectivity index (χ1v) is 6.89. The van der Waals surface area contributed by atoms with Crippen LogP contribution in [0.2, 0.25) is 0 Å². The van der Waals surface area contributed by atoms with Crippen molar-refractivity contribution >= 4 is 24.1 Å². The fraction of sp³-hybridized carbons (Fsp3) is 0.500. The Labute approximate surface area is 121 Å². The largest absolute Gasteiger partial charge is 0.465 e. The van der Waals surface area contributed by atoms with E-state index in [1.165, 1.54) is 0 Å². The van der Waals surface area contributed by atoms with Gasteiger partial charge in [0.2, 0.25) is 0 Å². The highest BCUT2D eigenvalue weighted by Gasteiger charge is 2.26. The topological polar surface area (TPSA) is 50.7 Å². The third kappa shape index (κ3) is 4.08. The second-order valence-electron chi connectivity index (χ2n) is 5.38. The maximum atomic E-state index is 11.8. The number of ether oxygens (including phenoxy) is 1. The lowest BCUT2D eigenvalue weighted by atomic mass is 9.91. The van der Waals surface area contributed by atoms with E-state index in [0.717, 1.165) is 23.4 Å². The van der Waals surface area contributed by atoms with Crippen molar-refractivity contribution < 1.29 is 9.53 Å². The first-order valence-electron chi connectivity index (χ1n) is 6.89. The summed E-state index contributed by atoms with van der Waals surface area (Å²) in [6, 6.07) is 5.91. The lowest BCUT2D eigenvalue weighted by Crippen LogP contribution is -2.26. The van der Waals surface area contributed by atoms with Crippen molar-refractivity contribution in [2.75, 3.05) is 19.0 Å². The molecule has 0 aliphatic rings. The van der Waals surface area contributed by atoms with Crippen LogP contribution in [0.5, 0.6) is 0 Å². The number of benzene rings is 1. The van der Waals surface area contributed by atoms with Crippen LogP contribution in [0, 0.1) is 5.41 Å². The van der Waals surface area contributed by atoms with E-state index in [0.29, 0.717) is 13.0 Å². The molecule has 0 atom stereocenters. The molecule has 0 aliphatic heterocycles. The van der Waals surface area contributed by atoms with Gasteiger partial charge in [-0.1, -0.05) is 13.0 Å². The first-order chi connectivity index (χ1) is 9.44. The number of hydrogen-bond acceptors (Lipinski definition) is 4. The monoisotopic (exact) mass is 276 g/mol. The van der Waals surface area contributed by atoms with Crippen LogP contribution < -0.4 is 5.32 Å². The van der Waals surface area contributed by atoms with Gasteiger partial charge in [-0.2, -0.15) is 0 Å². The molecule has 0 aliphatic carbocycles. The zero-order chi connectivity index (χ0) is 15.2. The molecule has 0 bridgehead atoms. The van der Waals surface area contributed by atoms with Gasteiger partial charge in [0.25, 0.3) is 0 Å². The highest BCUT2D eigenvalue weighted by atomic mass is 16.5. The van der Waals surface area contributed by atoms with Gasteiger partial charge in [0.15, 0.2) is 0 Å². The third-order valence-corrected chi connectivity index (χ3v) is 3.56. The maximum Gasteiger partial charge on any atom is 0.311 e. The Balaban J connectivity index is 2.59. The number of anilines is 1. The molecule has 0 heterocycles. The number of rotatable bonds is 7. The summed E-state index contributed by atoms with van der Waals surface area (Å²) in [5.74, 6) is -0.145. The SMILES string of the molecule is C=Nc1cc(CCOC(=O)C(C)(C)CC)ccc1NC. The summed E-state index contributed by atoms with van der Waals surface area (Å²) >= 11 is 0. The van der Waals surface area contributed by atoms with Crippen LogP contribution in [-0.4, -0.2) is 26.3 Å². The highest BCUT2D eigenvalue weighted by molar-refractivity contribution is 5.75. The molecule has 0 amide bonds. The zero-order valence-electron chi connectivity index (χ0n) is 12.8. The van der Waals surface area contributed by atoms with E-state index in [1.54, 1.807) is 0 Å². The van der Waals surface area contributed by atoms with E-state index in [2.05, 4.69) is 17.0 Å². The molecule has 1 aromatic carbocycles. The van der Waals surface area contributed by atoms with Crippen molar-refractivity contribution in [2.45, 2.75) is 33.6 Å². The summed E-state index contributed by atoms with van der Waals surface area (Å²) in [5.41, 5.74) is 2.41. The maximum absolute atomic E-state index is 11.8. The van der Waals surface area contributed by atoms with Crippen molar-refractivity contribution in [3.63, 3.8) is 0 Å². The number of nitrogens with one attached hydrogen (secondary N) is 1. The molecule has 0 radical (unpaired) electrons. The molecule has 0 unspecified atom stereocenters. The molecule has 1 aromatic rings. The van der Waals surface area contributed by atoms with Crippen LogP contribution in [-0.2, 0) is 16.0 Å². The van der Waals surface area contributed by atoms with E-state index in [9.17, 15) is 4.79 Å². The van der Waals surface area contributed by atoms with Crippen LogP contribution in [0.1, 0.15) is 32.8 Å². The lowest BCUT2D eigenvalue weighted by Gasteiger charge is -2.20. The van der Waals surface area contributed by atoms with Gasteiger partial charge in [-0.3, -0.25) is 9.79 Å². The molecule has 1 N–H and O–H groups in total. The molecular weight excluding hydrogens is 252 g/mol. The number of esters is 1. The summed E-state index contributed by atoms with van der Waals surface area (Å²) in [6.07, 6.45) is 1.45. The van der Waals surface area contributed by atoms with Crippen molar-refractivity contribution in [2.24, 2.45) is 10.4 Å². The van der Waals surface area contributed by atoms with Crippen LogP contribution >= 0.6 is 0 Å². The quantitative estimate of drug-likeness (QED) is 0.611. The average molecular weight is 276 g/mol. The van der Waals surface area contributed by atoms with E-state index in [1.807, 2.05) is 46.0 Å². The smallest absolute Gasteiger partial charge is 0.311 e. The minimum Gasteiger partial charge on any atom is -0.465 e. The summed E-state index contributed by atoms with van der Waals surface area (Å²) in [5, 5.41) is 3.06.